The van der Waals surface area contributed by atoms with Gasteiger partial charge in [0, 0.05) is 12.5 Å². The maximum absolute atomic E-state index is 11.3. The van der Waals surface area contributed by atoms with E-state index in [4.69, 9.17) is 32.6 Å². The summed E-state index contributed by atoms with van der Waals surface area (Å²) in [4.78, 5) is 13.7. The number of hydrogen-bond acceptors (Lipinski definition) is 9. The Morgan fingerprint density at radius 2 is 2.00 bits per heavy atom. The van der Waals surface area contributed by atoms with Crippen molar-refractivity contribution in [3.8, 4) is 5.75 Å². The van der Waals surface area contributed by atoms with E-state index in [9.17, 15) is 8.42 Å². The molecule has 27 heavy (non-hydrogen) atoms. The summed E-state index contributed by atoms with van der Waals surface area (Å²) >= 11 is 6.07. The van der Waals surface area contributed by atoms with Gasteiger partial charge in [0.15, 0.2) is 5.66 Å². The standard InChI is InChI=1S/C15H23ClN6O4S/c1-15(2)20-13(17)19-14(18)22(15)26-8-4-7-25-12-9-10(5-6-11(12)16)21-27(3,23)24/h5-6,9,21H,4,7-8H2,1-3H3,(H4,17,18,19,20). The van der Waals surface area contributed by atoms with Crippen LogP contribution in [0.25, 0.3) is 0 Å². The van der Waals surface area contributed by atoms with Gasteiger partial charge in [-0.1, -0.05) is 11.6 Å². The average molecular weight is 419 g/mol. The summed E-state index contributed by atoms with van der Waals surface area (Å²) in [5.74, 6) is 0.580. The molecule has 2 rings (SSSR count). The van der Waals surface area contributed by atoms with Crippen LogP contribution in [0.2, 0.25) is 5.02 Å². The quantitative estimate of drug-likeness (QED) is 0.536. The van der Waals surface area contributed by atoms with E-state index in [0.29, 0.717) is 29.5 Å². The number of guanidine groups is 2. The fraction of sp³-hybridized carbons (Fsp3) is 0.467. The van der Waals surface area contributed by atoms with Gasteiger partial charge in [-0.25, -0.2) is 13.4 Å². The Morgan fingerprint density at radius 1 is 1.30 bits per heavy atom. The smallest absolute Gasteiger partial charge is 0.229 e. The van der Waals surface area contributed by atoms with E-state index < -0.39 is 15.7 Å². The van der Waals surface area contributed by atoms with Crippen molar-refractivity contribution >= 4 is 39.2 Å². The van der Waals surface area contributed by atoms with Gasteiger partial charge in [0.25, 0.3) is 0 Å². The molecule has 0 fully saturated rings. The van der Waals surface area contributed by atoms with Crippen LogP contribution in [0.15, 0.2) is 28.2 Å². The van der Waals surface area contributed by atoms with Crippen molar-refractivity contribution in [1.29, 1.82) is 0 Å². The van der Waals surface area contributed by atoms with Gasteiger partial charge in [-0.3, -0.25) is 9.56 Å². The number of ether oxygens (including phenoxy) is 1. The van der Waals surface area contributed by atoms with Crippen molar-refractivity contribution in [1.82, 2.24) is 5.06 Å². The first-order chi connectivity index (χ1) is 12.5. The maximum Gasteiger partial charge on any atom is 0.229 e. The normalized spacial score (nSPS) is 16.5. The lowest BCUT2D eigenvalue weighted by Crippen LogP contribution is -2.53. The van der Waals surface area contributed by atoms with Crippen LogP contribution in [-0.4, -0.2) is 50.5 Å². The number of sulfonamides is 1. The molecular weight excluding hydrogens is 396 g/mol. The van der Waals surface area contributed by atoms with E-state index in [2.05, 4.69) is 14.7 Å². The van der Waals surface area contributed by atoms with Gasteiger partial charge in [-0.2, -0.15) is 10.1 Å². The molecule has 0 atom stereocenters. The van der Waals surface area contributed by atoms with Gasteiger partial charge in [-0.15, -0.1) is 0 Å². The fourth-order valence-electron chi connectivity index (χ4n) is 2.31. The van der Waals surface area contributed by atoms with Gasteiger partial charge in [0.05, 0.1) is 30.2 Å². The highest BCUT2D eigenvalue weighted by molar-refractivity contribution is 7.92. The Morgan fingerprint density at radius 3 is 2.63 bits per heavy atom. The molecule has 1 aliphatic rings. The predicted octanol–water partition coefficient (Wildman–Crippen LogP) is 1.09. The predicted molar refractivity (Wildman–Crippen MR) is 105 cm³/mol. The third kappa shape index (κ3) is 6.15. The summed E-state index contributed by atoms with van der Waals surface area (Å²) in [5, 5.41) is 1.75. The number of anilines is 1. The molecule has 0 spiro atoms. The van der Waals surface area contributed by atoms with Crippen LogP contribution < -0.4 is 20.9 Å². The Bertz CT molecular complexity index is 856. The van der Waals surface area contributed by atoms with Crippen LogP contribution in [0.5, 0.6) is 5.75 Å². The van der Waals surface area contributed by atoms with Gasteiger partial charge in [0.1, 0.15) is 5.75 Å². The van der Waals surface area contributed by atoms with E-state index in [1.165, 1.54) is 11.1 Å². The number of nitrogens with one attached hydrogen (secondary N) is 1. The largest absolute Gasteiger partial charge is 0.492 e. The van der Waals surface area contributed by atoms with E-state index in [1.807, 2.05) is 0 Å². The molecule has 5 N–H and O–H groups in total. The summed E-state index contributed by atoms with van der Waals surface area (Å²) < 4.78 is 30.6. The summed E-state index contributed by atoms with van der Waals surface area (Å²) in [6.07, 6.45) is 1.58. The molecule has 1 heterocycles. The van der Waals surface area contributed by atoms with E-state index in [-0.39, 0.29) is 18.5 Å². The first-order valence-corrected chi connectivity index (χ1v) is 10.3. The summed E-state index contributed by atoms with van der Waals surface area (Å²) in [6.45, 7) is 4.16. The fourth-order valence-corrected chi connectivity index (χ4v) is 3.03. The minimum atomic E-state index is -3.39. The molecule has 0 aliphatic carbocycles. The zero-order valence-corrected chi connectivity index (χ0v) is 16.8. The third-order valence-electron chi connectivity index (χ3n) is 3.32. The zero-order chi connectivity index (χ0) is 20.2. The number of nitrogens with two attached hydrogens (primary N) is 2. The molecule has 1 aromatic carbocycles. The SMILES string of the molecule is CC1(C)N=C(N)N=C(N)N1OCCCOc1cc(NS(C)(=O)=O)ccc1Cl. The molecule has 150 valence electrons. The molecule has 1 aliphatic heterocycles. The lowest BCUT2D eigenvalue weighted by molar-refractivity contribution is -0.158. The second kappa shape index (κ2) is 8.19. The van der Waals surface area contributed by atoms with E-state index in [0.717, 1.165) is 6.26 Å². The average Bonchev–Trinajstić information content (AvgIpc) is 2.49. The van der Waals surface area contributed by atoms with Crippen molar-refractivity contribution in [2.45, 2.75) is 25.9 Å². The maximum atomic E-state index is 11.3. The van der Waals surface area contributed by atoms with Crippen molar-refractivity contribution in [2.24, 2.45) is 21.5 Å². The van der Waals surface area contributed by atoms with Crippen LogP contribution in [-0.2, 0) is 14.9 Å². The van der Waals surface area contributed by atoms with Crippen molar-refractivity contribution in [3.05, 3.63) is 23.2 Å². The summed E-state index contributed by atoms with van der Waals surface area (Å²) in [6, 6.07) is 4.61. The minimum absolute atomic E-state index is 0.0953. The van der Waals surface area contributed by atoms with Crippen LogP contribution in [0.4, 0.5) is 5.69 Å². The van der Waals surface area contributed by atoms with Crippen molar-refractivity contribution in [2.75, 3.05) is 24.2 Å². The number of hydrogen-bond donors (Lipinski definition) is 3. The highest BCUT2D eigenvalue weighted by atomic mass is 35.5. The molecule has 10 nitrogen and oxygen atoms in total. The molecule has 0 radical (unpaired) electrons. The second-order valence-electron chi connectivity index (χ2n) is 6.28. The molecule has 0 unspecified atom stereocenters. The number of aliphatic imine (C=N–C) groups is 2. The number of halogens is 1. The lowest BCUT2D eigenvalue weighted by atomic mass is 10.2. The van der Waals surface area contributed by atoms with Gasteiger partial charge in [-0.05, 0) is 26.0 Å². The molecular formula is C15H23ClN6O4S. The zero-order valence-electron chi connectivity index (χ0n) is 15.3. The Hall–Kier alpha value is -2.24. The van der Waals surface area contributed by atoms with E-state index in [1.54, 1.807) is 26.0 Å². The van der Waals surface area contributed by atoms with Crippen LogP contribution in [0, 0.1) is 0 Å². The van der Waals surface area contributed by atoms with Crippen LogP contribution >= 0.6 is 11.6 Å². The number of hydroxylamine groups is 2. The Labute approximate surface area is 163 Å². The first-order valence-electron chi connectivity index (χ1n) is 8.01. The highest BCUT2D eigenvalue weighted by Gasteiger charge is 2.32. The van der Waals surface area contributed by atoms with Crippen molar-refractivity contribution in [3.63, 3.8) is 0 Å². The van der Waals surface area contributed by atoms with Gasteiger partial charge < -0.3 is 16.2 Å². The third-order valence-corrected chi connectivity index (χ3v) is 4.24. The van der Waals surface area contributed by atoms with E-state index >= 15 is 0 Å². The molecule has 12 heteroatoms. The molecule has 0 amide bonds. The molecule has 0 saturated heterocycles. The first kappa shape index (κ1) is 21.1. The molecule has 0 bridgehead atoms. The topological polar surface area (TPSA) is 145 Å². The van der Waals surface area contributed by atoms with Crippen LogP contribution in [0.3, 0.4) is 0 Å². The highest BCUT2D eigenvalue weighted by Crippen LogP contribution is 2.28. The summed E-state index contributed by atoms with van der Waals surface area (Å²) in [5.41, 5.74) is 11.0. The number of benzene rings is 1. The molecule has 1 aromatic rings. The molecule has 0 aromatic heterocycles. The van der Waals surface area contributed by atoms with Gasteiger partial charge >= 0.3 is 0 Å². The second-order valence-corrected chi connectivity index (χ2v) is 8.44. The summed E-state index contributed by atoms with van der Waals surface area (Å²) in [7, 11) is -3.39. The van der Waals surface area contributed by atoms with Crippen LogP contribution in [0.1, 0.15) is 20.3 Å². The number of rotatable bonds is 8. The Kier molecular flexibility index (Phi) is 6.39. The number of nitrogens with zero attached hydrogens (tertiary/aromatic N) is 3. The monoisotopic (exact) mass is 418 g/mol. The minimum Gasteiger partial charge on any atom is -0.492 e. The lowest BCUT2D eigenvalue weighted by Gasteiger charge is -2.36. The van der Waals surface area contributed by atoms with Crippen molar-refractivity contribution < 1.29 is 18.0 Å². The Balaban J connectivity index is 1.85. The molecule has 0 saturated carbocycles. The van der Waals surface area contributed by atoms with Gasteiger partial charge in [0.2, 0.25) is 21.9 Å².